The number of nitrogens with zero attached hydrogens (tertiary/aromatic N) is 1. The molecule has 2 atom stereocenters. The summed E-state index contributed by atoms with van der Waals surface area (Å²) in [5.41, 5.74) is 1.66. The second kappa shape index (κ2) is 9.27. The minimum Gasteiger partial charge on any atom is -0.354 e. The summed E-state index contributed by atoms with van der Waals surface area (Å²) in [7, 11) is 0. The van der Waals surface area contributed by atoms with Crippen LogP contribution in [0.5, 0.6) is 0 Å². The number of thioether (sulfide) groups is 1. The van der Waals surface area contributed by atoms with Crippen molar-refractivity contribution in [3.05, 3.63) is 35.4 Å². The van der Waals surface area contributed by atoms with E-state index in [0.29, 0.717) is 23.8 Å². The molecule has 1 saturated heterocycles. The monoisotopic (exact) mass is 362 g/mol. The Hall–Kier alpha value is -1.49. The quantitative estimate of drug-likeness (QED) is 0.750. The van der Waals surface area contributed by atoms with Crippen molar-refractivity contribution < 1.29 is 9.59 Å². The Bertz CT molecular complexity index is 603. The van der Waals surface area contributed by atoms with Crippen molar-refractivity contribution in [2.75, 3.05) is 12.3 Å². The molecular formula is C20H30N2O2S. The molecular weight excluding hydrogens is 332 g/mol. The van der Waals surface area contributed by atoms with Crippen LogP contribution in [0.3, 0.4) is 0 Å². The molecule has 1 aromatic carbocycles. The third-order valence-corrected chi connectivity index (χ3v) is 5.82. The number of carbonyl (C=O) groups is 2. The Balaban J connectivity index is 2.22. The number of rotatable bonds is 7. The standard InChI is InChI=1S/C20H30N2O2S/c1-5-6-11-21-19(23)17-13-25-18(12-14(2)3)22(17)20(24)16-10-8-7-9-15(16)4/h7-10,14,17-18H,5-6,11-13H2,1-4H3,(H,21,23). The van der Waals surface area contributed by atoms with Crippen LogP contribution in [0.1, 0.15) is 56.0 Å². The van der Waals surface area contributed by atoms with E-state index >= 15 is 0 Å². The van der Waals surface area contributed by atoms with E-state index in [0.717, 1.165) is 24.8 Å². The molecule has 138 valence electrons. The Labute approximate surface area is 155 Å². The molecule has 5 heteroatoms. The van der Waals surface area contributed by atoms with Crippen molar-refractivity contribution in [3.8, 4) is 0 Å². The highest BCUT2D eigenvalue weighted by Crippen LogP contribution is 2.35. The van der Waals surface area contributed by atoms with Gasteiger partial charge in [0.15, 0.2) is 0 Å². The molecule has 0 aliphatic carbocycles. The average Bonchev–Trinajstić information content (AvgIpc) is 2.97. The zero-order chi connectivity index (χ0) is 18.4. The van der Waals surface area contributed by atoms with Crippen molar-refractivity contribution in [2.45, 2.75) is 58.4 Å². The maximum absolute atomic E-state index is 13.2. The van der Waals surface area contributed by atoms with Gasteiger partial charge in [-0.3, -0.25) is 9.59 Å². The highest BCUT2D eigenvalue weighted by molar-refractivity contribution is 8.00. The smallest absolute Gasteiger partial charge is 0.255 e. The van der Waals surface area contributed by atoms with Crippen molar-refractivity contribution in [1.82, 2.24) is 10.2 Å². The summed E-state index contributed by atoms with van der Waals surface area (Å²) in [5.74, 6) is 1.11. The van der Waals surface area contributed by atoms with Crippen LogP contribution in [0, 0.1) is 12.8 Å². The average molecular weight is 363 g/mol. The van der Waals surface area contributed by atoms with Crippen molar-refractivity contribution >= 4 is 23.6 Å². The summed E-state index contributed by atoms with van der Waals surface area (Å²) in [6, 6.07) is 7.25. The first-order chi connectivity index (χ1) is 12.0. The Morgan fingerprint density at radius 2 is 2.04 bits per heavy atom. The first-order valence-corrected chi connectivity index (χ1v) is 10.3. The Morgan fingerprint density at radius 3 is 2.68 bits per heavy atom. The normalized spacial score (nSPS) is 20.1. The second-order valence-corrected chi connectivity index (χ2v) is 8.32. The number of hydrogen-bond acceptors (Lipinski definition) is 3. The molecule has 25 heavy (non-hydrogen) atoms. The zero-order valence-corrected chi connectivity index (χ0v) is 16.6. The lowest BCUT2D eigenvalue weighted by atomic mass is 10.0. The van der Waals surface area contributed by atoms with Crippen LogP contribution >= 0.6 is 11.8 Å². The fourth-order valence-corrected chi connectivity index (χ4v) is 4.72. The lowest BCUT2D eigenvalue weighted by molar-refractivity contribution is -0.124. The molecule has 1 aromatic rings. The number of amides is 2. The fourth-order valence-electron chi connectivity index (χ4n) is 3.08. The van der Waals surface area contributed by atoms with Crippen LogP contribution < -0.4 is 5.32 Å². The predicted molar refractivity (Wildman–Crippen MR) is 105 cm³/mol. The predicted octanol–water partition coefficient (Wildman–Crippen LogP) is 3.84. The molecule has 0 saturated carbocycles. The zero-order valence-electron chi connectivity index (χ0n) is 15.7. The van der Waals surface area contributed by atoms with E-state index in [2.05, 4.69) is 26.1 Å². The highest BCUT2D eigenvalue weighted by Gasteiger charge is 2.42. The summed E-state index contributed by atoms with van der Waals surface area (Å²) in [5, 5.41) is 3.07. The first-order valence-electron chi connectivity index (χ1n) is 9.23. The van der Waals surface area contributed by atoms with E-state index in [1.54, 1.807) is 11.8 Å². The van der Waals surface area contributed by atoms with Crippen LogP contribution in [-0.2, 0) is 4.79 Å². The maximum Gasteiger partial charge on any atom is 0.255 e. The number of carbonyl (C=O) groups excluding carboxylic acids is 2. The summed E-state index contributed by atoms with van der Waals surface area (Å²) in [6.45, 7) is 9.05. The highest BCUT2D eigenvalue weighted by atomic mass is 32.2. The summed E-state index contributed by atoms with van der Waals surface area (Å²) in [6.07, 6.45) is 2.91. The molecule has 2 unspecified atom stereocenters. The molecule has 2 amide bonds. The van der Waals surface area contributed by atoms with E-state index in [-0.39, 0.29) is 23.2 Å². The molecule has 4 nitrogen and oxygen atoms in total. The Kier molecular flexibility index (Phi) is 7.36. The Morgan fingerprint density at radius 1 is 1.32 bits per heavy atom. The van der Waals surface area contributed by atoms with E-state index in [9.17, 15) is 9.59 Å². The van der Waals surface area contributed by atoms with Gasteiger partial charge in [0, 0.05) is 17.9 Å². The molecule has 1 aliphatic rings. The SMILES string of the molecule is CCCCNC(=O)C1CSC(CC(C)C)N1C(=O)c1ccccc1C. The van der Waals surface area contributed by atoms with Gasteiger partial charge < -0.3 is 10.2 Å². The summed E-state index contributed by atoms with van der Waals surface area (Å²) >= 11 is 1.73. The summed E-state index contributed by atoms with van der Waals surface area (Å²) in [4.78, 5) is 27.7. The lowest BCUT2D eigenvalue weighted by Crippen LogP contribution is -2.50. The topological polar surface area (TPSA) is 49.4 Å². The third kappa shape index (κ3) is 5.00. The van der Waals surface area contributed by atoms with Crippen LogP contribution in [0.4, 0.5) is 0 Å². The molecule has 1 aliphatic heterocycles. The molecule has 1 N–H and O–H groups in total. The maximum atomic E-state index is 13.2. The van der Waals surface area contributed by atoms with Crippen LogP contribution in [0.15, 0.2) is 24.3 Å². The minimum absolute atomic E-state index is 0.0193. The van der Waals surface area contributed by atoms with Crippen LogP contribution in [0.2, 0.25) is 0 Å². The third-order valence-electron chi connectivity index (χ3n) is 4.51. The van der Waals surface area contributed by atoms with Crippen molar-refractivity contribution in [2.24, 2.45) is 5.92 Å². The molecule has 2 rings (SSSR count). The largest absolute Gasteiger partial charge is 0.354 e. The van der Waals surface area contributed by atoms with Gasteiger partial charge in [-0.05, 0) is 37.3 Å². The van der Waals surface area contributed by atoms with Gasteiger partial charge in [0.2, 0.25) is 5.91 Å². The number of hydrogen-bond donors (Lipinski definition) is 1. The van der Waals surface area contributed by atoms with Gasteiger partial charge in [0.25, 0.3) is 5.91 Å². The second-order valence-electron chi connectivity index (χ2n) is 7.11. The number of unbranched alkanes of at least 4 members (excludes halogenated alkanes) is 1. The summed E-state index contributed by atoms with van der Waals surface area (Å²) < 4.78 is 0. The van der Waals surface area contributed by atoms with E-state index in [1.807, 2.05) is 36.1 Å². The molecule has 0 aromatic heterocycles. The number of aryl methyl sites for hydroxylation is 1. The molecule has 0 radical (unpaired) electrons. The number of benzene rings is 1. The van der Waals surface area contributed by atoms with E-state index < -0.39 is 0 Å². The molecule has 0 spiro atoms. The fraction of sp³-hybridized carbons (Fsp3) is 0.600. The molecule has 1 fully saturated rings. The van der Waals surface area contributed by atoms with E-state index in [4.69, 9.17) is 0 Å². The van der Waals surface area contributed by atoms with Crippen LogP contribution in [0.25, 0.3) is 0 Å². The van der Waals surface area contributed by atoms with Gasteiger partial charge in [-0.2, -0.15) is 0 Å². The molecule has 0 bridgehead atoms. The van der Waals surface area contributed by atoms with Gasteiger partial charge in [-0.1, -0.05) is 45.4 Å². The van der Waals surface area contributed by atoms with Gasteiger partial charge in [0.1, 0.15) is 6.04 Å². The first kappa shape index (κ1) is 19.8. The lowest BCUT2D eigenvalue weighted by Gasteiger charge is -2.30. The van der Waals surface area contributed by atoms with Gasteiger partial charge in [0.05, 0.1) is 5.37 Å². The van der Waals surface area contributed by atoms with Gasteiger partial charge >= 0.3 is 0 Å². The van der Waals surface area contributed by atoms with Gasteiger partial charge in [-0.25, -0.2) is 0 Å². The van der Waals surface area contributed by atoms with Crippen molar-refractivity contribution in [3.63, 3.8) is 0 Å². The van der Waals surface area contributed by atoms with E-state index in [1.165, 1.54) is 0 Å². The van der Waals surface area contributed by atoms with Crippen molar-refractivity contribution in [1.29, 1.82) is 0 Å². The minimum atomic E-state index is -0.377. The van der Waals surface area contributed by atoms with Crippen LogP contribution in [-0.4, -0.2) is 40.4 Å². The number of nitrogens with one attached hydrogen (secondary N) is 1. The van der Waals surface area contributed by atoms with Gasteiger partial charge in [-0.15, -0.1) is 11.8 Å². The molecule has 1 heterocycles.